The minimum Gasteiger partial charge on any atom is -0.494 e. The van der Waals surface area contributed by atoms with Crippen LogP contribution in [0.5, 0.6) is 5.75 Å². The predicted molar refractivity (Wildman–Crippen MR) is 104 cm³/mol. The van der Waals surface area contributed by atoms with Gasteiger partial charge in [-0.15, -0.1) is 0 Å². The number of ether oxygens (including phenoxy) is 1. The Kier molecular flexibility index (Phi) is 4.81. The Labute approximate surface area is 163 Å². The maximum atomic E-state index is 13.0. The van der Waals surface area contributed by atoms with Crippen LogP contribution in [0.15, 0.2) is 58.9 Å². The van der Waals surface area contributed by atoms with Gasteiger partial charge in [0.25, 0.3) is 11.8 Å². The van der Waals surface area contributed by atoms with Gasteiger partial charge in [-0.2, -0.15) is 5.11 Å². The highest BCUT2D eigenvalue weighted by molar-refractivity contribution is 6.25. The minimum atomic E-state index is -0.783. The monoisotopic (exact) mass is 378 g/mol. The van der Waals surface area contributed by atoms with Gasteiger partial charge in [-0.05, 0) is 48.7 Å². The van der Waals surface area contributed by atoms with Gasteiger partial charge < -0.3 is 4.74 Å². The smallest absolute Gasteiger partial charge is 0.263 e. The molecule has 2 aliphatic heterocycles. The highest BCUT2D eigenvalue weighted by Gasteiger charge is 2.54. The fraction of sp³-hybridized carbons (Fsp3) is 0.333. The van der Waals surface area contributed by atoms with E-state index in [0.29, 0.717) is 24.6 Å². The molecule has 28 heavy (non-hydrogen) atoms. The Morgan fingerprint density at radius 3 is 2.25 bits per heavy atom. The minimum absolute atomic E-state index is 0.297. The second kappa shape index (κ2) is 7.42. The number of hydrogen-bond donors (Lipinski definition) is 0. The second-order valence-electron chi connectivity index (χ2n) is 6.80. The molecule has 0 N–H and O–H groups in total. The molecule has 2 heterocycles. The van der Waals surface area contributed by atoms with E-state index in [9.17, 15) is 9.59 Å². The van der Waals surface area contributed by atoms with Crippen LogP contribution in [-0.4, -0.2) is 35.5 Å². The number of carbonyl (C=O) groups is 2. The largest absolute Gasteiger partial charge is 0.494 e. The molecule has 144 valence electrons. The number of nitrogens with zero attached hydrogens (tertiary/aromatic N) is 4. The summed E-state index contributed by atoms with van der Waals surface area (Å²) in [6, 6.07) is 13.6. The van der Waals surface area contributed by atoms with Crippen molar-refractivity contribution in [3.8, 4) is 5.75 Å². The van der Waals surface area contributed by atoms with Crippen molar-refractivity contribution in [1.82, 2.24) is 5.01 Å². The van der Waals surface area contributed by atoms with Gasteiger partial charge in [-0.25, -0.2) is 4.90 Å². The van der Waals surface area contributed by atoms with E-state index in [4.69, 9.17) is 4.74 Å². The molecule has 0 spiro atoms. The van der Waals surface area contributed by atoms with Gasteiger partial charge in [0.2, 0.25) is 0 Å². The van der Waals surface area contributed by atoms with Crippen LogP contribution in [0, 0.1) is 0 Å². The Bertz CT molecular complexity index is 908. The van der Waals surface area contributed by atoms with E-state index in [2.05, 4.69) is 29.4 Å². The second-order valence-corrected chi connectivity index (χ2v) is 6.80. The lowest BCUT2D eigenvalue weighted by Crippen LogP contribution is -2.39. The van der Waals surface area contributed by atoms with Crippen molar-refractivity contribution < 1.29 is 14.3 Å². The molecule has 4 rings (SSSR count). The number of hydrogen-bond acceptors (Lipinski definition) is 6. The van der Waals surface area contributed by atoms with Crippen molar-refractivity contribution in [2.45, 2.75) is 38.9 Å². The molecular weight excluding hydrogens is 356 g/mol. The van der Waals surface area contributed by atoms with Crippen molar-refractivity contribution in [3.63, 3.8) is 0 Å². The van der Waals surface area contributed by atoms with E-state index in [0.717, 1.165) is 12.0 Å². The summed E-state index contributed by atoms with van der Waals surface area (Å²) in [4.78, 5) is 27.0. The molecule has 7 heteroatoms. The highest BCUT2D eigenvalue weighted by Crippen LogP contribution is 2.33. The van der Waals surface area contributed by atoms with Gasteiger partial charge in [0.15, 0.2) is 12.1 Å². The summed E-state index contributed by atoms with van der Waals surface area (Å²) in [7, 11) is 0. The zero-order valence-corrected chi connectivity index (χ0v) is 15.9. The normalized spacial score (nSPS) is 20.8. The SMILES string of the molecule is CCOc1ccc(N2C(=O)[C@H]3N=NN(Cc4ccc(CC)cc4)[C@@H]3C2=O)cc1. The number of carbonyl (C=O) groups excluding carboxylic acids is 2. The molecule has 2 aromatic carbocycles. The van der Waals surface area contributed by atoms with E-state index < -0.39 is 12.1 Å². The van der Waals surface area contributed by atoms with Gasteiger partial charge in [0.05, 0.1) is 18.8 Å². The topological polar surface area (TPSA) is 74.6 Å². The van der Waals surface area contributed by atoms with E-state index in [1.54, 1.807) is 29.3 Å². The summed E-state index contributed by atoms with van der Waals surface area (Å²) in [5, 5.41) is 9.78. The van der Waals surface area contributed by atoms with Gasteiger partial charge >= 0.3 is 0 Å². The maximum Gasteiger partial charge on any atom is 0.263 e. The molecule has 0 radical (unpaired) electrons. The lowest BCUT2D eigenvalue weighted by Gasteiger charge is -2.21. The number of fused-ring (bicyclic) bond motifs is 1. The third kappa shape index (κ3) is 3.13. The number of amides is 2. The Morgan fingerprint density at radius 1 is 0.929 bits per heavy atom. The third-order valence-electron chi connectivity index (χ3n) is 5.04. The first-order valence-corrected chi connectivity index (χ1v) is 9.48. The summed E-state index contributed by atoms with van der Waals surface area (Å²) in [6.45, 7) is 5.00. The molecule has 0 bridgehead atoms. The Morgan fingerprint density at radius 2 is 1.61 bits per heavy atom. The molecule has 1 saturated heterocycles. The Hall–Kier alpha value is -3.22. The molecule has 0 aromatic heterocycles. The fourth-order valence-corrected chi connectivity index (χ4v) is 3.53. The molecular formula is C21H22N4O3. The highest BCUT2D eigenvalue weighted by atomic mass is 16.5. The average Bonchev–Trinajstić information content (AvgIpc) is 3.23. The molecule has 2 aliphatic rings. The zero-order valence-electron chi connectivity index (χ0n) is 15.9. The summed E-state index contributed by atoms with van der Waals surface area (Å²) in [6.07, 6.45) is 0.971. The van der Waals surface area contributed by atoms with E-state index in [-0.39, 0.29) is 11.8 Å². The van der Waals surface area contributed by atoms with Crippen LogP contribution in [0.1, 0.15) is 25.0 Å². The van der Waals surface area contributed by atoms with Crippen LogP contribution in [0.3, 0.4) is 0 Å². The van der Waals surface area contributed by atoms with E-state index in [1.807, 2.05) is 19.1 Å². The molecule has 0 aliphatic carbocycles. The van der Waals surface area contributed by atoms with Crippen LogP contribution in [0.2, 0.25) is 0 Å². The molecule has 2 aromatic rings. The van der Waals surface area contributed by atoms with Gasteiger partial charge in [0, 0.05) is 0 Å². The van der Waals surface area contributed by atoms with Crippen molar-refractivity contribution >= 4 is 17.5 Å². The van der Waals surface area contributed by atoms with Crippen LogP contribution in [0.4, 0.5) is 5.69 Å². The standard InChI is InChI=1S/C21H22N4O3/c1-3-14-5-7-15(8-6-14)13-24-19-18(22-23-24)20(26)25(21(19)27)16-9-11-17(12-10-16)28-4-2/h5-12,18-19H,3-4,13H2,1-2H3/t18-,19-/m0/s1. The molecule has 2 atom stereocenters. The van der Waals surface area contributed by atoms with Crippen molar-refractivity contribution in [3.05, 3.63) is 59.7 Å². The van der Waals surface area contributed by atoms with Gasteiger partial charge in [-0.1, -0.05) is 36.4 Å². The van der Waals surface area contributed by atoms with Crippen molar-refractivity contribution in [2.24, 2.45) is 10.3 Å². The van der Waals surface area contributed by atoms with Gasteiger partial charge in [0.1, 0.15) is 5.75 Å². The fourth-order valence-electron chi connectivity index (χ4n) is 3.53. The maximum absolute atomic E-state index is 13.0. The third-order valence-corrected chi connectivity index (χ3v) is 5.04. The summed E-state index contributed by atoms with van der Waals surface area (Å²) in [5.41, 5.74) is 2.80. The molecule has 0 unspecified atom stereocenters. The van der Waals surface area contributed by atoms with E-state index in [1.165, 1.54) is 10.5 Å². The van der Waals surface area contributed by atoms with E-state index >= 15 is 0 Å². The number of aryl methyl sites for hydroxylation is 1. The molecule has 2 amide bonds. The summed E-state index contributed by atoms with van der Waals surface area (Å²) < 4.78 is 5.42. The first-order chi connectivity index (χ1) is 13.6. The quantitative estimate of drug-likeness (QED) is 0.724. The lowest BCUT2D eigenvalue weighted by atomic mass is 10.1. The van der Waals surface area contributed by atoms with Crippen molar-refractivity contribution in [2.75, 3.05) is 11.5 Å². The van der Waals surface area contributed by atoms with Crippen LogP contribution in [0.25, 0.3) is 0 Å². The zero-order chi connectivity index (χ0) is 19.7. The number of anilines is 1. The van der Waals surface area contributed by atoms with Crippen LogP contribution in [-0.2, 0) is 22.6 Å². The number of rotatable bonds is 6. The van der Waals surface area contributed by atoms with Crippen LogP contribution >= 0.6 is 0 Å². The first-order valence-electron chi connectivity index (χ1n) is 9.48. The van der Waals surface area contributed by atoms with Crippen molar-refractivity contribution in [1.29, 1.82) is 0 Å². The average molecular weight is 378 g/mol. The van der Waals surface area contributed by atoms with Gasteiger partial charge in [-0.3, -0.25) is 14.6 Å². The summed E-state index contributed by atoms with van der Waals surface area (Å²) >= 11 is 0. The first kappa shape index (κ1) is 18.2. The number of imide groups is 1. The molecule has 1 fully saturated rings. The summed E-state index contributed by atoms with van der Waals surface area (Å²) in [5.74, 6) is 0.0588. The lowest BCUT2D eigenvalue weighted by molar-refractivity contribution is -0.123. The van der Waals surface area contributed by atoms with Crippen LogP contribution < -0.4 is 9.64 Å². The predicted octanol–water partition coefficient (Wildman–Crippen LogP) is 3.14. The molecule has 7 nitrogen and oxygen atoms in total. The molecule has 0 saturated carbocycles. The Balaban J connectivity index is 1.53. The number of benzene rings is 2.